The quantitative estimate of drug-likeness (QED) is 0.523. The smallest absolute Gasteiger partial charge is 0.291 e. The number of halogens is 1. The van der Waals surface area contributed by atoms with Crippen molar-refractivity contribution in [2.45, 2.75) is 59.2 Å². The average Bonchev–Trinajstić information content (AvgIpc) is 3.50. The zero-order valence-corrected chi connectivity index (χ0v) is 20.8. The van der Waals surface area contributed by atoms with Gasteiger partial charge in [-0.3, -0.25) is 19.0 Å². The number of aryl methyl sites for hydroxylation is 1. The van der Waals surface area contributed by atoms with E-state index in [1.807, 2.05) is 20.8 Å². The van der Waals surface area contributed by atoms with Crippen LogP contribution in [0, 0.1) is 12.8 Å². The molecule has 0 aromatic carbocycles. The van der Waals surface area contributed by atoms with Crippen molar-refractivity contribution in [2.24, 2.45) is 5.92 Å². The molecular formula is C23H33ClN6O4. The van der Waals surface area contributed by atoms with E-state index in [-0.39, 0.29) is 47.8 Å². The van der Waals surface area contributed by atoms with Crippen molar-refractivity contribution in [1.82, 2.24) is 29.7 Å². The first-order valence-electron chi connectivity index (χ1n) is 11.5. The molecule has 10 nitrogen and oxygen atoms in total. The number of aromatic hydroxyl groups is 1. The Morgan fingerprint density at radius 3 is 2.65 bits per heavy atom. The zero-order chi connectivity index (χ0) is 23.9. The number of fused-ring (bicyclic) bond motifs is 1. The van der Waals surface area contributed by atoms with Crippen LogP contribution in [0.3, 0.4) is 0 Å². The standard InChI is InChI=1S/C23H32N6O4.ClH/c1-13(2)12-28-21-17(7-8-18(30)27-10-9-24-11-14(27)3)15(4)26-29(21)23(33)19(22(28)32)20(31)25-16-5-6-16;/h7-8,13-14,16,24,32H,5-6,9-12H2,1-4H3,(H,25,31);1H/b8-7+;/t14-;/m1./s1. The molecule has 2 aliphatic rings. The van der Waals surface area contributed by atoms with E-state index in [1.54, 1.807) is 22.5 Å². The van der Waals surface area contributed by atoms with Crippen LogP contribution in [-0.2, 0) is 11.3 Å². The van der Waals surface area contributed by atoms with E-state index in [2.05, 4.69) is 15.7 Å². The average molecular weight is 493 g/mol. The van der Waals surface area contributed by atoms with Crippen LogP contribution in [-0.4, -0.2) is 67.7 Å². The summed E-state index contributed by atoms with van der Waals surface area (Å²) >= 11 is 0. The highest BCUT2D eigenvalue weighted by Gasteiger charge is 2.30. The maximum Gasteiger partial charge on any atom is 0.291 e. The Labute approximate surface area is 204 Å². The molecule has 186 valence electrons. The Kier molecular flexibility index (Phi) is 7.72. The number of rotatable bonds is 6. The summed E-state index contributed by atoms with van der Waals surface area (Å²) in [4.78, 5) is 40.5. The monoisotopic (exact) mass is 492 g/mol. The Balaban J connectivity index is 0.00000324. The molecule has 2 fully saturated rings. The van der Waals surface area contributed by atoms with Crippen molar-refractivity contribution in [3.63, 3.8) is 0 Å². The summed E-state index contributed by atoms with van der Waals surface area (Å²) in [5, 5.41) is 21.4. The Morgan fingerprint density at radius 2 is 2.03 bits per heavy atom. The topological polar surface area (TPSA) is 121 Å². The highest BCUT2D eigenvalue weighted by atomic mass is 35.5. The van der Waals surface area contributed by atoms with Crippen LogP contribution in [0.2, 0.25) is 0 Å². The summed E-state index contributed by atoms with van der Waals surface area (Å²) in [6, 6.07) is 0.124. The lowest BCUT2D eigenvalue weighted by molar-refractivity contribution is -0.128. The molecular weight excluding hydrogens is 460 g/mol. The lowest BCUT2D eigenvalue weighted by atomic mass is 10.1. The summed E-state index contributed by atoms with van der Waals surface area (Å²) in [6.07, 6.45) is 4.87. The van der Waals surface area contributed by atoms with E-state index >= 15 is 0 Å². The van der Waals surface area contributed by atoms with Gasteiger partial charge in [0.25, 0.3) is 11.5 Å². The van der Waals surface area contributed by atoms with Gasteiger partial charge in [0.05, 0.1) is 5.69 Å². The number of hydrogen-bond acceptors (Lipinski definition) is 6. The largest absolute Gasteiger partial charge is 0.494 e. The molecule has 0 bridgehead atoms. The van der Waals surface area contributed by atoms with E-state index in [0.29, 0.717) is 30.0 Å². The number of amides is 2. The van der Waals surface area contributed by atoms with Crippen molar-refractivity contribution in [1.29, 1.82) is 0 Å². The summed E-state index contributed by atoms with van der Waals surface area (Å²) in [6.45, 7) is 10.2. The first kappa shape index (κ1) is 25.8. The van der Waals surface area contributed by atoms with Crippen molar-refractivity contribution < 1.29 is 14.7 Å². The number of nitrogens with one attached hydrogen (secondary N) is 2. The molecule has 2 amide bonds. The van der Waals surface area contributed by atoms with Crippen LogP contribution in [0.4, 0.5) is 0 Å². The molecule has 1 saturated heterocycles. The molecule has 1 saturated carbocycles. The highest BCUT2D eigenvalue weighted by Crippen LogP contribution is 2.26. The Morgan fingerprint density at radius 1 is 1.32 bits per heavy atom. The van der Waals surface area contributed by atoms with Crippen LogP contribution in [0.5, 0.6) is 5.88 Å². The minimum absolute atomic E-state index is 0. The molecule has 4 rings (SSSR count). The number of aromatic nitrogens is 3. The van der Waals surface area contributed by atoms with Gasteiger partial charge >= 0.3 is 0 Å². The molecule has 2 aromatic heterocycles. The molecule has 0 radical (unpaired) electrons. The molecule has 34 heavy (non-hydrogen) atoms. The van der Waals surface area contributed by atoms with Crippen molar-refractivity contribution >= 4 is 35.9 Å². The van der Waals surface area contributed by atoms with Crippen LogP contribution in [0.25, 0.3) is 11.7 Å². The fraction of sp³-hybridized carbons (Fsp3) is 0.565. The lowest BCUT2D eigenvalue weighted by Crippen LogP contribution is -2.51. The van der Waals surface area contributed by atoms with E-state index in [1.165, 1.54) is 6.08 Å². The van der Waals surface area contributed by atoms with Crippen LogP contribution >= 0.6 is 12.4 Å². The Bertz CT molecular complexity index is 1180. The van der Waals surface area contributed by atoms with Crippen molar-refractivity contribution in [3.8, 4) is 5.88 Å². The lowest BCUT2D eigenvalue weighted by Gasteiger charge is -2.33. The van der Waals surface area contributed by atoms with Crippen LogP contribution in [0.1, 0.15) is 55.2 Å². The second kappa shape index (κ2) is 10.2. The normalized spacial score (nSPS) is 18.5. The van der Waals surface area contributed by atoms with Crippen LogP contribution in [0.15, 0.2) is 10.9 Å². The van der Waals surface area contributed by atoms with E-state index < -0.39 is 11.5 Å². The molecule has 2 aromatic rings. The fourth-order valence-corrected chi connectivity index (χ4v) is 4.20. The predicted octanol–water partition coefficient (Wildman–Crippen LogP) is 1.31. The summed E-state index contributed by atoms with van der Waals surface area (Å²) in [5.74, 6) is -0.967. The van der Waals surface area contributed by atoms with E-state index in [9.17, 15) is 19.5 Å². The van der Waals surface area contributed by atoms with Gasteiger partial charge < -0.3 is 20.6 Å². The molecule has 1 aliphatic heterocycles. The molecule has 0 spiro atoms. The fourth-order valence-electron chi connectivity index (χ4n) is 4.20. The van der Waals surface area contributed by atoms with Crippen molar-refractivity contribution in [2.75, 3.05) is 19.6 Å². The van der Waals surface area contributed by atoms with Gasteiger partial charge in [0.15, 0.2) is 5.56 Å². The minimum atomic E-state index is -0.676. The van der Waals surface area contributed by atoms with Gasteiger partial charge in [-0.05, 0) is 38.7 Å². The minimum Gasteiger partial charge on any atom is -0.494 e. The summed E-state index contributed by atoms with van der Waals surface area (Å²) < 4.78 is 2.71. The number of hydrogen-bond donors (Lipinski definition) is 3. The summed E-state index contributed by atoms with van der Waals surface area (Å²) in [5.41, 5.74) is 0.475. The molecule has 3 N–H and O–H groups in total. The van der Waals surface area contributed by atoms with E-state index in [0.717, 1.165) is 30.4 Å². The number of carbonyl (C=O) groups excluding carboxylic acids is 2. The molecule has 3 heterocycles. The summed E-state index contributed by atoms with van der Waals surface area (Å²) in [7, 11) is 0. The van der Waals surface area contributed by atoms with Gasteiger partial charge in [0.2, 0.25) is 11.8 Å². The van der Waals surface area contributed by atoms with Gasteiger partial charge in [0, 0.05) is 49.9 Å². The Hall–Kier alpha value is -2.85. The van der Waals surface area contributed by atoms with Crippen molar-refractivity contribution in [3.05, 3.63) is 33.3 Å². The SMILES string of the molecule is Cc1nn2c(=O)c(C(=O)NC3CC3)c(O)n(CC(C)C)c2c1/C=C/C(=O)N1CCNC[C@H]1C.Cl. The molecule has 1 aliphatic carbocycles. The number of piperazine rings is 1. The third-order valence-corrected chi connectivity index (χ3v) is 6.09. The van der Waals surface area contributed by atoms with Gasteiger partial charge in [-0.2, -0.15) is 9.61 Å². The number of carbonyl (C=O) groups is 2. The maximum atomic E-state index is 13.2. The van der Waals surface area contributed by atoms with Crippen LogP contribution < -0.4 is 16.2 Å². The molecule has 1 atom stereocenters. The molecule has 0 unspecified atom stereocenters. The second-order valence-electron chi connectivity index (χ2n) is 9.41. The van der Waals surface area contributed by atoms with Gasteiger partial charge in [-0.1, -0.05) is 13.8 Å². The first-order valence-corrected chi connectivity index (χ1v) is 11.5. The first-order chi connectivity index (χ1) is 15.7. The van der Waals surface area contributed by atoms with Gasteiger partial charge in [-0.25, -0.2) is 0 Å². The maximum absolute atomic E-state index is 13.2. The second-order valence-corrected chi connectivity index (χ2v) is 9.41. The van der Waals surface area contributed by atoms with E-state index in [4.69, 9.17) is 0 Å². The zero-order valence-electron chi connectivity index (χ0n) is 20.0. The molecule has 11 heteroatoms. The van der Waals surface area contributed by atoms with Gasteiger partial charge in [0.1, 0.15) is 5.65 Å². The third kappa shape index (κ3) is 4.97. The highest BCUT2D eigenvalue weighted by molar-refractivity contribution is 5.97. The predicted molar refractivity (Wildman–Crippen MR) is 132 cm³/mol. The number of nitrogens with zero attached hydrogens (tertiary/aromatic N) is 4. The van der Waals surface area contributed by atoms with Gasteiger partial charge in [-0.15, -0.1) is 12.4 Å². The third-order valence-electron chi connectivity index (χ3n) is 6.09.